The van der Waals surface area contributed by atoms with Gasteiger partial charge < -0.3 is 5.32 Å². The van der Waals surface area contributed by atoms with Crippen LogP contribution in [0.2, 0.25) is 0 Å². The van der Waals surface area contributed by atoms with Crippen molar-refractivity contribution in [2.24, 2.45) is 0 Å². The minimum atomic E-state index is 0.759. The van der Waals surface area contributed by atoms with Gasteiger partial charge in [-0.3, -0.25) is 0 Å². The maximum absolute atomic E-state index is 8.82. The molecule has 0 saturated heterocycles. The normalized spacial score (nSPS) is 10.0. The first-order chi connectivity index (χ1) is 7.85. The van der Waals surface area contributed by atoms with Crippen LogP contribution in [0.5, 0.6) is 0 Å². The van der Waals surface area contributed by atoms with Gasteiger partial charge in [0.1, 0.15) is 10.9 Å². The van der Waals surface area contributed by atoms with Gasteiger partial charge in [0, 0.05) is 11.4 Å². The van der Waals surface area contributed by atoms with Crippen LogP contribution in [0.15, 0.2) is 36.4 Å². The Morgan fingerprint density at radius 2 is 2.06 bits per heavy atom. The van der Waals surface area contributed by atoms with E-state index >= 15 is 0 Å². The van der Waals surface area contributed by atoms with Crippen molar-refractivity contribution in [3.63, 3.8) is 0 Å². The predicted molar refractivity (Wildman–Crippen MR) is 67.2 cm³/mol. The predicted octanol–water partition coefficient (Wildman–Crippen LogP) is 3.01. The topological polar surface area (TPSA) is 35.8 Å². The number of nitrogens with one attached hydrogen (secondary N) is 1. The molecule has 0 radical (unpaired) electrons. The van der Waals surface area contributed by atoms with Crippen molar-refractivity contribution in [1.29, 1.82) is 5.26 Å². The van der Waals surface area contributed by atoms with Gasteiger partial charge >= 0.3 is 0 Å². The van der Waals surface area contributed by atoms with Gasteiger partial charge in [-0.1, -0.05) is 24.3 Å². The SMILES string of the molecule is CNCc1ccccc1-c1ccc(C#N)s1. The van der Waals surface area contributed by atoms with Crippen LogP contribution in [0.4, 0.5) is 0 Å². The smallest absolute Gasteiger partial charge is 0.110 e. The summed E-state index contributed by atoms with van der Waals surface area (Å²) >= 11 is 1.54. The fourth-order valence-electron chi connectivity index (χ4n) is 1.65. The van der Waals surface area contributed by atoms with Crippen LogP contribution in [0, 0.1) is 11.3 Å². The van der Waals surface area contributed by atoms with Crippen LogP contribution in [0.25, 0.3) is 10.4 Å². The Hall–Kier alpha value is -1.63. The van der Waals surface area contributed by atoms with Crippen molar-refractivity contribution >= 4 is 11.3 Å². The molecule has 0 amide bonds. The minimum Gasteiger partial charge on any atom is -0.316 e. The molecule has 80 valence electrons. The highest BCUT2D eigenvalue weighted by Gasteiger charge is 2.06. The van der Waals surface area contributed by atoms with Crippen molar-refractivity contribution in [1.82, 2.24) is 5.32 Å². The van der Waals surface area contributed by atoms with E-state index in [0.717, 1.165) is 16.3 Å². The average Bonchev–Trinajstić information content (AvgIpc) is 2.79. The Kier molecular flexibility index (Phi) is 3.35. The van der Waals surface area contributed by atoms with Crippen molar-refractivity contribution in [2.75, 3.05) is 7.05 Å². The first kappa shape index (κ1) is 10.9. The zero-order valence-electron chi connectivity index (χ0n) is 9.03. The van der Waals surface area contributed by atoms with Crippen LogP contribution in [0.1, 0.15) is 10.4 Å². The monoisotopic (exact) mass is 228 g/mol. The molecule has 16 heavy (non-hydrogen) atoms. The standard InChI is InChI=1S/C13H12N2S/c1-15-9-10-4-2-3-5-12(10)13-7-6-11(8-14)16-13/h2-7,15H,9H2,1H3. The van der Waals surface area contributed by atoms with Crippen molar-refractivity contribution in [3.05, 3.63) is 46.8 Å². The Morgan fingerprint density at radius 1 is 1.25 bits per heavy atom. The third-order valence-electron chi connectivity index (χ3n) is 2.37. The fourth-order valence-corrected chi connectivity index (χ4v) is 2.51. The molecule has 2 nitrogen and oxygen atoms in total. The van der Waals surface area contributed by atoms with Crippen molar-refractivity contribution in [2.45, 2.75) is 6.54 Å². The van der Waals surface area contributed by atoms with Crippen LogP contribution in [-0.4, -0.2) is 7.05 Å². The highest BCUT2D eigenvalue weighted by Crippen LogP contribution is 2.30. The van der Waals surface area contributed by atoms with Crippen LogP contribution >= 0.6 is 11.3 Å². The lowest BCUT2D eigenvalue weighted by atomic mass is 10.1. The number of hydrogen-bond acceptors (Lipinski definition) is 3. The van der Waals surface area contributed by atoms with E-state index in [2.05, 4.69) is 23.5 Å². The minimum absolute atomic E-state index is 0.759. The van der Waals surface area contributed by atoms with E-state index in [4.69, 9.17) is 5.26 Å². The summed E-state index contributed by atoms with van der Waals surface area (Å²) in [5.41, 5.74) is 2.47. The second-order valence-electron chi connectivity index (χ2n) is 3.46. The van der Waals surface area contributed by atoms with Gasteiger partial charge in [-0.15, -0.1) is 11.3 Å². The number of thiophene rings is 1. The molecule has 0 unspecified atom stereocenters. The first-order valence-electron chi connectivity index (χ1n) is 5.08. The summed E-state index contributed by atoms with van der Waals surface area (Å²) < 4.78 is 0. The van der Waals surface area contributed by atoms with Gasteiger partial charge in [-0.25, -0.2) is 0 Å². The van der Waals surface area contributed by atoms with E-state index in [-0.39, 0.29) is 0 Å². The van der Waals surface area contributed by atoms with E-state index in [1.165, 1.54) is 22.5 Å². The highest BCUT2D eigenvalue weighted by molar-refractivity contribution is 7.16. The van der Waals surface area contributed by atoms with E-state index in [1.807, 2.05) is 31.3 Å². The lowest BCUT2D eigenvalue weighted by Gasteiger charge is -2.06. The molecule has 1 heterocycles. The molecular weight excluding hydrogens is 216 g/mol. The molecule has 0 saturated carbocycles. The van der Waals surface area contributed by atoms with Crippen LogP contribution in [0.3, 0.4) is 0 Å². The molecule has 0 aliphatic heterocycles. The molecule has 1 aromatic carbocycles. The third-order valence-corrected chi connectivity index (χ3v) is 3.39. The summed E-state index contributed by atoms with van der Waals surface area (Å²) in [6, 6.07) is 14.3. The molecule has 0 atom stereocenters. The van der Waals surface area contributed by atoms with E-state index < -0.39 is 0 Å². The molecule has 0 bridgehead atoms. The number of nitrogens with zero attached hydrogens (tertiary/aromatic N) is 1. The fraction of sp³-hybridized carbons (Fsp3) is 0.154. The molecule has 1 N–H and O–H groups in total. The van der Waals surface area contributed by atoms with Crippen molar-refractivity contribution in [3.8, 4) is 16.5 Å². The second kappa shape index (κ2) is 4.93. The third kappa shape index (κ3) is 2.13. The molecule has 0 fully saturated rings. The zero-order valence-corrected chi connectivity index (χ0v) is 9.84. The molecule has 1 aromatic heterocycles. The largest absolute Gasteiger partial charge is 0.316 e. The molecular formula is C13H12N2S. The van der Waals surface area contributed by atoms with Crippen molar-refractivity contribution < 1.29 is 0 Å². The summed E-state index contributed by atoms with van der Waals surface area (Å²) in [7, 11) is 1.94. The van der Waals surface area contributed by atoms with Crippen LogP contribution < -0.4 is 5.32 Å². The second-order valence-corrected chi connectivity index (χ2v) is 4.55. The average molecular weight is 228 g/mol. The van der Waals surface area contributed by atoms with Crippen LogP contribution in [-0.2, 0) is 6.54 Å². The number of benzene rings is 1. The maximum Gasteiger partial charge on any atom is 0.110 e. The number of rotatable bonds is 3. The quantitative estimate of drug-likeness (QED) is 0.876. The Morgan fingerprint density at radius 3 is 2.75 bits per heavy atom. The maximum atomic E-state index is 8.82. The lowest BCUT2D eigenvalue weighted by Crippen LogP contribution is -2.05. The van der Waals surface area contributed by atoms with Gasteiger partial charge in [-0.2, -0.15) is 5.26 Å². The lowest BCUT2D eigenvalue weighted by molar-refractivity contribution is 0.820. The molecule has 0 aliphatic rings. The van der Waals surface area contributed by atoms with E-state index in [1.54, 1.807) is 0 Å². The van der Waals surface area contributed by atoms with Gasteiger partial charge in [0.15, 0.2) is 0 Å². The van der Waals surface area contributed by atoms with Gasteiger partial charge in [0.25, 0.3) is 0 Å². The Labute approximate surface area is 99.2 Å². The zero-order chi connectivity index (χ0) is 11.4. The summed E-state index contributed by atoms with van der Waals surface area (Å²) in [5, 5.41) is 12.0. The Balaban J connectivity index is 2.43. The highest BCUT2D eigenvalue weighted by atomic mass is 32.1. The van der Waals surface area contributed by atoms with Gasteiger partial charge in [-0.05, 0) is 30.3 Å². The molecule has 0 aliphatic carbocycles. The molecule has 2 aromatic rings. The Bertz CT molecular complexity index is 523. The number of hydrogen-bond donors (Lipinski definition) is 1. The summed E-state index contributed by atoms with van der Waals surface area (Å²) in [6.45, 7) is 0.843. The molecule has 0 spiro atoms. The first-order valence-corrected chi connectivity index (χ1v) is 5.89. The molecule has 2 rings (SSSR count). The molecule has 3 heteroatoms. The van der Waals surface area contributed by atoms with E-state index in [9.17, 15) is 0 Å². The van der Waals surface area contributed by atoms with E-state index in [0.29, 0.717) is 0 Å². The summed E-state index contributed by atoms with van der Waals surface area (Å²) in [5.74, 6) is 0. The summed E-state index contributed by atoms with van der Waals surface area (Å²) in [4.78, 5) is 1.91. The summed E-state index contributed by atoms with van der Waals surface area (Å²) in [6.07, 6.45) is 0. The van der Waals surface area contributed by atoms with Gasteiger partial charge in [0.05, 0.1) is 0 Å². The number of nitriles is 1. The van der Waals surface area contributed by atoms with Gasteiger partial charge in [0.2, 0.25) is 0 Å².